The molecule has 0 atom stereocenters. The molecule has 7 heteroatoms. The van der Waals surface area contributed by atoms with Crippen LogP contribution >= 0.6 is 0 Å². The third-order valence-corrected chi connectivity index (χ3v) is 3.29. The van der Waals surface area contributed by atoms with E-state index < -0.39 is 17.7 Å². The predicted molar refractivity (Wildman–Crippen MR) is 93.2 cm³/mol. The number of aromatic nitrogens is 2. The Morgan fingerprint density at radius 1 is 1.20 bits per heavy atom. The molecule has 0 spiro atoms. The zero-order chi connectivity index (χ0) is 18.4. The van der Waals surface area contributed by atoms with Crippen molar-refractivity contribution in [1.29, 1.82) is 0 Å². The number of rotatable bonds is 5. The Labute approximate surface area is 146 Å². The lowest BCUT2D eigenvalue weighted by atomic mass is 10.1. The smallest absolute Gasteiger partial charge is 0.407 e. The molecule has 0 saturated heterocycles. The van der Waals surface area contributed by atoms with Gasteiger partial charge in [0.05, 0.1) is 19.9 Å². The molecule has 1 heterocycles. The molecule has 1 aromatic heterocycles. The first-order valence-electron chi connectivity index (χ1n) is 7.98. The summed E-state index contributed by atoms with van der Waals surface area (Å²) in [6, 6.07) is 9.46. The van der Waals surface area contributed by atoms with Gasteiger partial charge >= 0.3 is 12.1 Å². The summed E-state index contributed by atoms with van der Waals surface area (Å²) in [7, 11) is 1.33. The van der Waals surface area contributed by atoms with Gasteiger partial charge in [-0.2, -0.15) is 5.10 Å². The number of amides is 1. The fourth-order valence-electron chi connectivity index (χ4n) is 2.27. The summed E-state index contributed by atoms with van der Waals surface area (Å²) in [5, 5.41) is 6.90. The summed E-state index contributed by atoms with van der Waals surface area (Å²) in [6.45, 7) is 5.97. The van der Waals surface area contributed by atoms with Gasteiger partial charge in [-0.1, -0.05) is 30.3 Å². The van der Waals surface area contributed by atoms with Gasteiger partial charge in [0.25, 0.3) is 0 Å². The molecule has 0 saturated carbocycles. The maximum Gasteiger partial charge on any atom is 0.407 e. The van der Waals surface area contributed by atoms with Crippen molar-refractivity contribution in [3.8, 4) is 11.1 Å². The molecule has 0 aliphatic carbocycles. The monoisotopic (exact) mass is 345 g/mol. The first-order chi connectivity index (χ1) is 11.8. The Kier molecular flexibility index (Phi) is 5.80. The summed E-state index contributed by atoms with van der Waals surface area (Å²) in [5.41, 5.74) is 1.34. The van der Waals surface area contributed by atoms with E-state index >= 15 is 0 Å². The number of esters is 1. The Bertz CT molecular complexity index is 733. The number of nitrogens with one attached hydrogen (secondary N) is 1. The van der Waals surface area contributed by atoms with E-state index in [-0.39, 0.29) is 6.54 Å². The third-order valence-electron chi connectivity index (χ3n) is 3.29. The molecular formula is C18H23N3O4. The lowest BCUT2D eigenvalue weighted by Crippen LogP contribution is -2.34. The minimum absolute atomic E-state index is 0.273. The molecule has 2 rings (SSSR count). The number of nitrogens with zero attached hydrogens (tertiary/aromatic N) is 2. The number of hydrogen-bond donors (Lipinski definition) is 1. The van der Waals surface area contributed by atoms with Crippen molar-refractivity contribution in [3.63, 3.8) is 0 Å². The minimum atomic E-state index is -0.562. The fourth-order valence-corrected chi connectivity index (χ4v) is 2.27. The largest absolute Gasteiger partial charge is 0.464 e. The molecule has 134 valence electrons. The number of benzene rings is 1. The second-order valence-electron chi connectivity index (χ2n) is 6.42. The van der Waals surface area contributed by atoms with Gasteiger partial charge < -0.3 is 14.8 Å². The van der Waals surface area contributed by atoms with Crippen LogP contribution in [0.5, 0.6) is 0 Å². The summed E-state index contributed by atoms with van der Waals surface area (Å²) < 4.78 is 11.6. The predicted octanol–water partition coefficient (Wildman–Crippen LogP) is 2.86. The molecule has 7 nitrogen and oxygen atoms in total. The number of methoxy groups -OCH3 is 1. The summed E-state index contributed by atoms with van der Waals surface area (Å²) >= 11 is 0. The topological polar surface area (TPSA) is 82.5 Å². The van der Waals surface area contributed by atoms with Crippen molar-refractivity contribution in [2.75, 3.05) is 13.7 Å². The maximum atomic E-state index is 12.2. The molecular weight excluding hydrogens is 322 g/mol. The van der Waals surface area contributed by atoms with Gasteiger partial charge in [0.1, 0.15) is 5.60 Å². The maximum absolute atomic E-state index is 12.2. The van der Waals surface area contributed by atoms with Gasteiger partial charge in [-0.15, -0.1) is 0 Å². The molecule has 0 bridgehead atoms. The van der Waals surface area contributed by atoms with Crippen LogP contribution in [-0.2, 0) is 16.0 Å². The van der Waals surface area contributed by atoms with Crippen LogP contribution in [0.4, 0.5) is 4.79 Å². The van der Waals surface area contributed by atoms with E-state index in [1.54, 1.807) is 27.0 Å². The minimum Gasteiger partial charge on any atom is -0.464 e. The summed E-state index contributed by atoms with van der Waals surface area (Å²) in [4.78, 5) is 23.9. The van der Waals surface area contributed by atoms with Crippen LogP contribution in [0.3, 0.4) is 0 Å². The molecule has 25 heavy (non-hydrogen) atoms. The SMILES string of the molecule is COC(=O)c1c(-c2ccccc2)cnn1CCNC(=O)OC(C)(C)C. The number of carbonyl (C=O) groups excluding carboxylic acids is 2. The van der Waals surface area contributed by atoms with Crippen LogP contribution in [0.2, 0.25) is 0 Å². The molecule has 0 radical (unpaired) electrons. The number of alkyl carbamates (subject to hydrolysis) is 1. The number of ether oxygens (including phenoxy) is 2. The van der Waals surface area contributed by atoms with Gasteiger partial charge in [0.2, 0.25) is 0 Å². The van der Waals surface area contributed by atoms with Crippen molar-refractivity contribution >= 4 is 12.1 Å². The van der Waals surface area contributed by atoms with E-state index in [2.05, 4.69) is 10.4 Å². The zero-order valence-corrected chi connectivity index (χ0v) is 14.9. The van der Waals surface area contributed by atoms with Crippen molar-refractivity contribution in [2.45, 2.75) is 32.9 Å². The average Bonchev–Trinajstić information content (AvgIpc) is 2.97. The highest BCUT2D eigenvalue weighted by Crippen LogP contribution is 2.24. The Hall–Kier alpha value is -2.83. The molecule has 1 amide bonds. The first kappa shape index (κ1) is 18.5. The van der Waals surface area contributed by atoms with E-state index in [0.717, 1.165) is 5.56 Å². The highest BCUT2D eigenvalue weighted by molar-refractivity contribution is 5.95. The van der Waals surface area contributed by atoms with E-state index in [1.807, 2.05) is 30.3 Å². The van der Waals surface area contributed by atoms with Crippen molar-refractivity contribution < 1.29 is 19.1 Å². The molecule has 0 aliphatic heterocycles. The van der Waals surface area contributed by atoms with Gasteiger partial charge in [-0.25, -0.2) is 9.59 Å². The van der Waals surface area contributed by atoms with Gasteiger partial charge in [-0.05, 0) is 26.3 Å². The lowest BCUT2D eigenvalue weighted by Gasteiger charge is -2.19. The highest BCUT2D eigenvalue weighted by atomic mass is 16.6. The van der Waals surface area contributed by atoms with Gasteiger partial charge in [0.15, 0.2) is 5.69 Å². The van der Waals surface area contributed by atoms with Gasteiger partial charge in [0, 0.05) is 12.1 Å². The molecule has 0 aliphatic rings. The molecule has 1 aromatic carbocycles. The molecule has 0 unspecified atom stereocenters. The van der Waals surface area contributed by atoms with Crippen LogP contribution in [0.15, 0.2) is 36.5 Å². The third kappa shape index (κ3) is 5.07. The van der Waals surface area contributed by atoms with Crippen LogP contribution in [0.1, 0.15) is 31.3 Å². The summed E-state index contributed by atoms with van der Waals surface area (Å²) in [6.07, 6.45) is 1.11. The highest BCUT2D eigenvalue weighted by Gasteiger charge is 2.21. The number of carbonyl (C=O) groups is 2. The van der Waals surface area contributed by atoms with Crippen molar-refractivity contribution in [3.05, 3.63) is 42.2 Å². The van der Waals surface area contributed by atoms with Crippen molar-refractivity contribution in [1.82, 2.24) is 15.1 Å². The Morgan fingerprint density at radius 3 is 2.48 bits per heavy atom. The zero-order valence-electron chi connectivity index (χ0n) is 14.9. The van der Waals surface area contributed by atoms with E-state index in [9.17, 15) is 9.59 Å². The van der Waals surface area contributed by atoms with Crippen LogP contribution in [0, 0.1) is 0 Å². The summed E-state index contributed by atoms with van der Waals surface area (Å²) in [5.74, 6) is -0.478. The Morgan fingerprint density at radius 2 is 1.88 bits per heavy atom. The molecule has 1 N–H and O–H groups in total. The fraction of sp³-hybridized carbons (Fsp3) is 0.389. The first-order valence-corrected chi connectivity index (χ1v) is 7.98. The second-order valence-corrected chi connectivity index (χ2v) is 6.42. The van der Waals surface area contributed by atoms with Gasteiger partial charge in [-0.3, -0.25) is 4.68 Å². The number of hydrogen-bond acceptors (Lipinski definition) is 5. The van der Waals surface area contributed by atoms with Crippen LogP contribution in [-0.4, -0.2) is 41.1 Å². The lowest BCUT2D eigenvalue weighted by molar-refractivity contribution is 0.0525. The van der Waals surface area contributed by atoms with E-state index in [1.165, 1.54) is 11.8 Å². The van der Waals surface area contributed by atoms with Crippen LogP contribution in [0.25, 0.3) is 11.1 Å². The quantitative estimate of drug-likeness (QED) is 0.843. The standard InChI is InChI=1S/C18H23N3O4/c1-18(2,3)25-17(23)19-10-11-21-15(16(22)24-4)14(12-20-21)13-8-6-5-7-9-13/h5-9,12H,10-11H2,1-4H3,(H,19,23). The Balaban J connectivity index is 2.12. The average molecular weight is 345 g/mol. The van der Waals surface area contributed by atoms with E-state index in [4.69, 9.17) is 9.47 Å². The second kappa shape index (κ2) is 7.83. The molecule has 2 aromatic rings. The van der Waals surface area contributed by atoms with E-state index in [0.29, 0.717) is 17.8 Å². The normalized spacial score (nSPS) is 11.0. The molecule has 0 fully saturated rings. The van der Waals surface area contributed by atoms with Crippen LogP contribution < -0.4 is 5.32 Å². The van der Waals surface area contributed by atoms with Crippen molar-refractivity contribution in [2.24, 2.45) is 0 Å².